The Bertz CT molecular complexity index is 246. The molecular formula is C13H26N2O2. The Morgan fingerprint density at radius 1 is 1.47 bits per heavy atom. The highest BCUT2D eigenvalue weighted by atomic mass is 16.3. The van der Waals surface area contributed by atoms with Crippen LogP contribution in [-0.4, -0.2) is 29.7 Å². The van der Waals surface area contributed by atoms with Gasteiger partial charge in [0.1, 0.15) is 0 Å². The SMILES string of the molecule is CCC(C)[C@H](N)C(=O)NCC1CCCCC1O. The zero-order valence-electron chi connectivity index (χ0n) is 11.0. The third-order valence-electron chi connectivity index (χ3n) is 3.97. The molecule has 0 spiro atoms. The predicted molar refractivity (Wildman–Crippen MR) is 68.4 cm³/mol. The van der Waals surface area contributed by atoms with Crippen LogP contribution in [-0.2, 0) is 4.79 Å². The van der Waals surface area contributed by atoms with E-state index in [9.17, 15) is 9.90 Å². The van der Waals surface area contributed by atoms with E-state index in [-0.39, 0.29) is 23.8 Å². The Morgan fingerprint density at radius 2 is 2.12 bits per heavy atom. The molecule has 0 aromatic rings. The highest BCUT2D eigenvalue weighted by Gasteiger charge is 2.25. The number of carbonyl (C=O) groups excluding carboxylic acids is 1. The third kappa shape index (κ3) is 4.28. The van der Waals surface area contributed by atoms with Crippen LogP contribution in [0.3, 0.4) is 0 Å². The highest BCUT2D eigenvalue weighted by Crippen LogP contribution is 2.23. The minimum absolute atomic E-state index is 0.0860. The van der Waals surface area contributed by atoms with Gasteiger partial charge in [-0.15, -0.1) is 0 Å². The van der Waals surface area contributed by atoms with Crippen molar-refractivity contribution in [2.75, 3.05) is 6.54 Å². The van der Waals surface area contributed by atoms with Crippen LogP contribution in [0.4, 0.5) is 0 Å². The number of aliphatic hydroxyl groups is 1. The Labute approximate surface area is 104 Å². The molecule has 0 aromatic carbocycles. The van der Waals surface area contributed by atoms with Gasteiger partial charge >= 0.3 is 0 Å². The summed E-state index contributed by atoms with van der Waals surface area (Å²) in [7, 11) is 0. The lowest BCUT2D eigenvalue weighted by molar-refractivity contribution is -0.123. The molecule has 1 fully saturated rings. The third-order valence-corrected chi connectivity index (χ3v) is 3.97. The fraction of sp³-hybridized carbons (Fsp3) is 0.923. The second-order valence-electron chi connectivity index (χ2n) is 5.27. The molecule has 100 valence electrons. The quantitative estimate of drug-likeness (QED) is 0.674. The van der Waals surface area contributed by atoms with E-state index in [1.165, 1.54) is 0 Å². The van der Waals surface area contributed by atoms with Crippen LogP contribution in [0.15, 0.2) is 0 Å². The van der Waals surface area contributed by atoms with E-state index in [2.05, 4.69) is 5.32 Å². The van der Waals surface area contributed by atoms with Crippen molar-refractivity contribution in [2.45, 2.75) is 58.1 Å². The molecule has 0 saturated heterocycles. The Kier molecular flexibility index (Phi) is 5.92. The van der Waals surface area contributed by atoms with Crippen molar-refractivity contribution < 1.29 is 9.90 Å². The van der Waals surface area contributed by atoms with Crippen LogP contribution in [0, 0.1) is 11.8 Å². The number of carbonyl (C=O) groups is 1. The van der Waals surface area contributed by atoms with E-state index in [4.69, 9.17) is 5.73 Å². The van der Waals surface area contributed by atoms with E-state index < -0.39 is 6.04 Å². The maximum absolute atomic E-state index is 11.8. The number of hydrogen-bond acceptors (Lipinski definition) is 3. The van der Waals surface area contributed by atoms with Gasteiger partial charge in [-0.25, -0.2) is 0 Å². The molecule has 1 aliphatic carbocycles. The fourth-order valence-corrected chi connectivity index (χ4v) is 2.29. The lowest BCUT2D eigenvalue weighted by Crippen LogP contribution is -2.47. The molecule has 4 atom stereocenters. The van der Waals surface area contributed by atoms with Gasteiger partial charge in [0, 0.05) is 12.5 Å². The molecule has 1 saturated carbocycles. The number of rotatable bonds is 5. The summed E-state index contributed by atoms with van der Waals surface area (Å²) < 4.78 is 0. The van der Waals surface area contributed by atoms with Crippen LogP contribution < -0.4 is 11.1 Å². The Hall–Kier alpha value is -0.610. The van der Waals surface area contributed by atoms with Gasteiger partial charge in [0.2, 0.25) is 5.91 Å². The Morgan fingerprint density at radius 3 is 2.71 bits per heavy atom. The average molecular weight is 242 g/mol. The van der Waals surface area contributed by atoms with E-state index in [0.717, 1.165) is 32.1 Å². The van der Waals surface area contributed by atoms with Crippen molar-refractivity contribution in [3.05, 3.63) is 0 Å². The molecule has 0 heterocycles. The molecule has 4 heteroatoms. The van der Waals surface area contributed by atoms with Crippen LogP contribution in [0.1, 0.15) is 46.0 Å². The minimum Gasteiger partial charge on any atom is -0.393 e. The normalized spacial score (nSPS) is 28.5. The summed E-state index contributed by atoms with van der Waals surface area (Å²) in [6.45, 7) is 4.58. The van der Waals surface area contributed by atoms with Gasteiger partial charge in [-0.1, -0.05) is 33.1 Å². The largest absolute Gasteiger partial charge is 0.393 e. The second kappa shape index (κ2) is 6.97. The first kappa shape index (κ1) is 14.5. The highest BCUT2D eigenvalue weighted by molar-refractivity contribution is 5.81. The molecule has 4 nitrogen and oxygen atoms in total. The van der Waals surface area contributed by atoms with Crippen molar-refractivity contribution in [2.24, 2.45) is 17.6 Å². The molecule has 1 rings (SSSR count). The van der Waals surface area contributed by atoms with Gasteiger partial charge in [0.05, 0.1) is 12.1 Å². The summed E-state index contributed by atoms with van der Waals surface area (Å²) in [5.41, 5.74) is 5.85. The van der Waals surface area contributed by atoms with Crippen LogP contribution in [0.25, 0.3) is 0 Å². The van der Waals surface area contributed by atoms with Crippen LogP contribution >= 0.6 is 0 Å². The number of hydrogen-bond donors (Lipinski definition) is 3. The number of aliphatic hydroxyl groups excluding tert-OH is 1. The molecule has 0 bridgehead atoms. The number of amides is 1. The minimum atomic E-state index is -0.430. The zero-order chi connectivity index (χ0) is 12.8. The average Bonchev–Trinajstić information content (AvgIpc) is 2.35. The molecule has 0 radical (unpaired) electrons. The van der Waals surface area contributed by atoms with Gasteiger partial charge in [-0.3, -0.25) is 4.79 Å². The summed E-state index contributed by atoms with van der Waals surface area (Å²) in [5, 5.41) is 12.7. The molecule has 3 unspecified atom stereocenters. The second-order valence-corrected chi connectivity index (χ2v) is 5.27. The van der Waals surface area contributed by atoms with E-state index in [1.54, 1.807) is 0 Å². The smallest absolute Gasteiger partial charge is 0.237 e. The molecular weight excluding hydrogens is 216 g/mol. The van der Waals surface area contributed by atoms with Crippen LogP contribution in [0.2, 0.25) is 0 Å². The fourth-order valence-electron chi connectivity index (χ4n) is 2.29. The van der Waals surface area contributed by atoms with E-state index in [0.29, 0.717) is 6.54 Å². The summed E-state index contributed by atoms with van der Waals surface area (Å²) in [4.78, 5) is 11.8. The zero-order valence-corrected chi connectivity index (χ0v) is 11.0. The molecule has 1 amide bonds. The maximum atomic E-state index is 11.8. The predicted octanol–water partition coefficient (Wildman–Crippen LogP) is 1.03. The summed E-state index contributed by atoms with van der Waals surface area (Å²) in [5.74, 6) is 0.320. The van der Waals surface area contributed by atoms with Crippen LogP contribution in [0.5, 0.6) is 0 Å². The number of nitrogens with two attached hydrogens (primary N) is 1. The first-order valence-electron chi connectivity index (χ1n) is 6.77. The standard InChI is InChI=1S/C13H26N2O2/c1-3-9(2)12(14)13(17)15-8-10-6-4-5-7-11(10)16/h9-12,16H,3-8,14H2,1-2H3,(H,15,17)/t9?,10?,11?,12-/m0/s1. The van der Waals surface area contributed by atoms with Gasteiger partial charge in [-0.05, 0) is 18.8 Å². The van der Waals surface area contributed by atoms with Gasteiger partial charge in [-0.2, -0.15) is 0 Å². The van der Waals surface area contributed by atoms with Crippen molar-refractivity contribution in [1.29, 1.82) is 0 Å². The van der Waals surface area contributed by atoms with Gasteiger partial charge in [0.15, 0.2) is 0 Å². The van der Waals surface area contributed by atoms with Crippen molar-refractivity contribution >= 4 is 5.91 Å². The summed E-state index contributed by atoms with van der Waals surface area (Å²) in [6, 6.07) is -0.430. The molecule has 4 N–H and O–H groups in total. The lowest BCUT2D eigenvalue weighted by atomic mass is 9.86. The van der Waals surface area contributed by atoms with Gasteiger partial charge < -0.3 is 16.2 Å². The summed E-state index contributed by atoms with van der Waals surface area (Å²) in [6.07, 6.45) is 4.75. The van der Waals surface area contributed by atoms with Gasteiger partial charge in [0.25, 0.3) is 0 Å². The monoisotopic (exact) mass is 242 g/mol. The van der Waals surface area contributed by atoms with Crippen molar-refractivity contribution in [3.8, 4) is 0 Å². The van der Waals surface area contributed by atoms with Crippen molar-refractivity contribution in [3.63, 3.8) is 0 Å². The van der Waals surface area contributed by atoms with E-state index >= 15 is 0 Å². The van der Waals surface area contributed by atoms with E-state index in [1.807, 2.05) is 13.8 Å². The summed E-state index contributed by atoms with van der Waals surface area (Å²) >= 11 is 0. The first-order valence-corrected chi connectivity index (χ1v) is 6.77. The first-order chi connectivity index (χ1) is 8.06. The topological polar surface area (TPSA) is 75.4 Å². The number of nitrogens with one attached hydrogen (secondary N) is 1. The Balaban J connectivity index is 2.31. The molecule has 1 aliphatic rings. The maximum Gasteiger partial charge on any atom is 0.237 e. The molecule has 17 heavy (non-hydrogen) atoms. The van der Waals surface area contributed by atoms with Crippen molar-refractivity contribution in [1.82, 2.24) is 5.32 Å². The molecule has 0 aromatic heterocycles. The lowest BCUT2D eigenvalue weighted by Gasteiger charge is -2.28. The molecule has 0 aliphatic heterocycles.